The van der Waals surface area contributed by atoms with Gasteiger partial charge in [0.25, 0.3) is 0 Å². The molecule has 1 N–H and O–H groups in total. The highest BCUT2D eigenvalue weighted by Gasteiger charge is 2.31. The summed E-state index contributed by atoms with van der Waals surface area (Å²) in [6.45, 7) is 9.37. The standard InChI is InChI=1S/C25H26F3N3O2/c1-6-16(3)15-31(5)24-17(4)21(12-19(22(24)13-29)14-30-23(32)7-2)18-8-10-20(11-9-18)33-25(26,27)28/h7-12,15H,2,6,14H2,1,3-5H3,(H,30,32)/b16-15+. The number of nitrogens with zero attached hydrogens (tertiary/aromatic N) is 2. The molecule has 0 heterocycles. The SMILES string of the molecule is C=CC(=O)NCc1cc(-c2ccc(OC(F)(F)F)cc2)c(C)c(N(C)/C=C(\C)CC)c1C#N. The van der Waals surface area contributed by atoms with E-state index in [-0.39, 0.29) is 18.2 Å². The second-order valence-electron chi connectivity index (χ2n) is 7.48. The minimum absolute atomic E-state index is 0.0909. The minimum atomic E-state index is -4.78. The van der Waals surface area contributed by atoms with Crippen LogP contribution in [0.5, 0.6) is 5.75 Å². The van der Waals surface area contributed by atoms with E-state index in [1.165, 1.54) is 24.3 Å². The largest absolute Gasteiger partial charge is 0.573 e. The predicted molar refractivity (Wildman–Crippen MR) is 123 cm³/mol. The van der Waals surface area contributed by atoms with Crippen LogP contribution in [0.25, 0.3) is 11.1 Å². The van der Waals surface area contributed by atoms with Crippen LogP contribution in [0.3, 0.4) is 0 Å². The van der Waals surface area contributed by atoms with E-state index in [0.717, 1.165) is 29.2 Å². The molecule has 0 spiro atoms. The zero-order chi connectivity index (χ0) is 24.8. The first kappa shape index (κ1) is 25.5. The van der Waals surface area contributed by atoms with Gasteiger partial charge >= 0.3 is 6.36 Å². The summed E-state index contributed by atoms with van der Waals surface area (Å²) in [5.41, 5.74) is 4.88. The van der Waals surface area contributed by atoms with Gasteiger partial charge in [0.15, 0.2) is 0 Å². The molecule has 2 aromatic carbocycles. The number of hydrogen-bond acceptors (Lipinski definition) is 4. The summed E-state index contributed by atoms with van der Waals surface area (Å²) >= 11 is 0. The molecule has 1 amide bonds. The van der Waals surface area contributed by atoms with E-state index < -0.39 is 6.36 Å². The summed E-state index contributed by atoms with van der Waals surface area (Å²) in [7, 11) is 1.83. The molecule has 8 heteroatoms. The zero-order valence-corrected chi connectivity index (χ0v) is 19.0. The summed E-state index contributed by atoms with van der Waals surface area (Å²) < 4.78 is 41.5. The van der Waals surface area contributed by atoms with Crippen molar-refractivity contribution in [2.45, 2.75) is 40.1 Å². The monoisotopic (exact) mass is 457 g/mol. The molecule has 0 saturated heterocycles. The Morgan fingerprint density at radius 2 is 1.94 bits per heavy atom. The molecular formula is C25H26F3N3O2. The molecule has 0 aliphatic heterocycles. The molecule has 0 aliphatic rings. The van der Waals surface area contributed by atoms with E-state index in [2.05, 4.69) is 22.7 Å². The third-order valence-corrected chi connectivity index (χ3v) is 5.11. The number of nitriles is 1. The van der Waals surface area contributed by atoms with Gasteiger partial charge in [-0.2, -0.15) is 5.26 Å². The highest BCUT2D eigenvalue weighted by molar-refractivity contribution is 5.87. The predicted octanol–water partition coefficient (Wildman–Crippen LogP) is 5.98. The van der Waals surface area contributed by atoms with E-state index in [4.69, 9.17) is 0 Å². The summed E-state index contributed by atoms with van der Waals surface area (Å²) in [4.78, 5) is 13.6. The number of rotatable bonds is 8. The van der Waals surface area contributed by atoms with Gasteiger partial charge in [0.1, 0.15) is 11.8 Å². The lowest BCUT2D eigenvalue weighted by molar-refractivity contribution is -0.274. The number of amides is 1. The fourth-order valence-corrected chi connectivity index (χ4v) is 3.40. The maximum Gasteiger partial charge on any atom is 0.573 e. The van der Waals surface area contributed by atoms with Crippen molar-refractivity contribution in [2.75, 3.05) is 11.9 Å². The number of alkyl halides is 3. The Kier molecular flexibility index (Phi) is 8.30. The van der Waals surface area contributed by atoms with Gasteiger partial charge < -0.3 is 15.0 Å². The smallest absolute Gasteiger partial charge is 0.406 e. The summed E-state index contributed by atoms with van der Waals surface area (Å²) in [5.74, 6) is -0.707. The van der Waals surface area contributed by atoms with Crippen LogP contribution < -0.4 is 15.0 Å². The van der Waals surface area contributed by atoms with Gasteiger partial charge in [0, 0.05) is 19.8 Å². The van der Waals surface area contributed by atoms with Crippen molar-refractivity contribution in [3.8, 4) is 22.9 Å². The first-order valence-electron chi connectivity index (χ1n) is 10.2. The molecule has 2 aromatic rings. The number of benzene rings is 2. The van der Waals surface area contributed by atoms with Crippen molar-refractivity contribution in [3.05, 3.63) is 71.5 Å². The Balaban J connectivity index is 2.67. The van der Waals surface area contributed by atoms with E-state index in [9.17, 15) is 23.2 Å². The molecule has 0 radical (unpaired) electrons. The number of allylic oxidation sites excluding steroid dienone is 1. The third-order valence-electron chi connectivity index (χ3n) is 5.11. The lowest BCUT2D eigenvalue weighted by atomic mass is 9.92. The molecule has 0 aromatic heterocycles. The molecule has 0 fully saturated rings. The van der Waals surface area contributed by atoms with Crippen molar-refractivity contribution >= 4 is 11.6 Å². The summed E-state index contributed by atoms with van der Waals surface area (Å²) in [6.07, 6.45) is -0.879. The van der Waals surface area contributed by atoms with Crippen LogP contribution in [0.4, 0.5) is 18.9 Å². The van der Waals surface area contributed by atoms with Gasteiger partial charge in [-0.25, -0.2) is 0 Å². The zero-order valence-electron chi connectivity index (χ0n) is 19.0. The van der Waals surface area contributed by atoms with Gasteiger partial charge in [-0.15, -0.1) is 13.2 Å². The molecule has 2 rings (SSSR count). The quantitative estimate of drug-likeness (QED) is 0.495. The average molecular weight is 457 g/mol. The summed E-state index contributed by atoms with van der Waals surface area (Å²) in [5, 5.41) is 12.6. The van der Waals surface area contributed by atoms with Gasteiger partial charge in [0.05, 0.1) is 11.3 Å². The van der Waals surface area contributed by atoms with Crippen molar-refractivity contribution in [1.82, 2.24) is 5.32 Å². The topological polar surface area (TPSA) is 65.4 Å². The molecule has 0 saturated carbocycles. The number of hydrogen-bond donors (Lipinski definition) is 1. The van der Waals surface area contributed by atoms with Gasteiger partial charge in [-0.3, -0.25) is 4.79 Å². The number of anilines is 1. The second kappa shape index (κ2) is 10.7. The molecule has 174 valence electrons. The van der Waals surface area contributed by atoms with E-state index >= 15 is 0 Å². The van der Waals surface area contributed by atoms with Gasteiger partial charge in [0.2, 0.25) is 5.91 Å². The van der Waals surface area contributed by atoms with Crippen molar-refractivity contribution in [2.24, 2.45) is 0 Å². The van der Waals surface area contributed by atoms with Crippen molar-refractivity contribution in [1.29, 1.82) is 5.26 Å². The van der Waals surface area contributed by atoms with E-state index in [1.807, 2.05) is 38.9 Å². The van der Waals surface area contributed by atoms with E-state index in [1.54, 1.807) is 6.07 Å². The van der Waals surface area contributed by atoms with Crippen LogP contribution in [0, 0.1) is 18.3 Å². The van der Waals surface area contributed by atoms with Crippen molar-refractivity contribution < 1.29 is 22.7 Å². The third kappa shape index (κ3) is 6.62. The van der Waals surface area contributed by atoms with Crippen LogP contribution in [-0.4, -0.2) is 19.3 Å². The highest BCUT2D eigenvalue weighted by atomic mass is 19.4. The maximum absolute atomic E-state index is 12.5. The lowest BCUT2D eigenvalue weighted by Gasteiger charge is -2.24. The maximum atomic E-state index is 12.5. The van der Waals surface area contributed by atoms with Crippen LogP contribution in [0.15, 0.2) is 54.8 Å². The average Bonchev–Trinajstić information content (AvgIpc) is 2.76. The Labute approximate surface area is 191 Å². The number of ether oxygens (including phenoxy) is 1. The Morgan fingerprint density at radius 1 is 1.30 bits per heavy atom. The van der Waals surface area contributed by atoms with Crippen LogP contribution in [-0.2, 0) is 11.3 Å². The lowest BCUT2D eigenvalue weighted by Crippen LogP contribution is -2.22. The number of carbonyl (C=O) groups is 1. The van der Waals surface area contributed by atoms with Crippen LogP contribution >= 0.6 is 0 Å². The van der Waals surface area contributed by atoms with Gasteiger partial charge in [-0.1, -0.05) is 31.2 Å². The molecule has 0 unspecified atom stereocenters. The summed E-state index contributed by atoms with van der Waals surface area (Å²) in [6, 6.07) is 9.54. The Morgan fingerprint density at radius 3 is 2.45 bits per heavy atom. The molecule has 5 nitrogen and oxygen atoms in total. The number of carbonyl (C=O) groups excluding carboxylic acids is 1. The van der Waals surface area contributed by atoms with Crippen LogP contribution in [0.1, 0.15) is 37.0 Å². The normalized spacial score (nSPS) is 11.5. The highest BCUT2D eigenvalue weighted by Crippen LogP contribution is 2.37. The first-order chi connectivity index (χ1) is 15.5. The number of nitrogens with one attached hydrogen (secondary N) is 1. The Bertz CT molecular complexity index is 1100. The molecular weight excluding hydrogens is 431 g/mol. The minimum Gasteiger partial charge on any atom is -0.406 e. The van der Waals surface area contributed by atoms with E-state index in [0.29, 0.717) is 22.4 Å². The Hall–Kier alpha value is -3.73. The fourth-order valence-electron chi connectivity index (χ4n) is 3.40. The first-order valence-corrected chi connectivity index (χ1v) is 10.2. The molecule has 0 atom stereocenters. The fraction of sp³-hybridized carbons (Fsp3) is 0.280. The second-order valence-corrected chi connectivity index (χ2v) is 7.48. The number of halogens is 3. The molecule has 0 aliphatic carbocycles. The molecule has 0 bridgehead atoms. The van der Waals surface area contributed by atoms with Crippen molar-refractivity contribution in [3.63, 3.8) is 0 Å². The van der Waals surface area contributed by atoms with Crippen LogP contribution in [0.2, 0.25) is 0 Å². The molecule has 33 heavy (non-hydrogen) atoms. The van der Waals surface area contributed by atoms with Gasteiger partial charge in [-0.05, 0) is 66.8 Å².